The minimum absolute atomic E-state index is 0.338. The molecular formula is C15H22O. The molecule has 1 unspecified atom stereocenters. The van der Waals surface area contributed by atoms with E-state index in [0.717, 1.165) is 18.4 Å². The Morgan fingerprint density at radius 3 is 2.31 bits per heavy atom. The Labute approximate surface area is 98.6 Å². The molecule has 0 amide bonds. The Kier molecular flexibility index (Phi) is 2.81. The average Bonchev–Trinajstić information content (AvgIpc) is 2.67. The molecule has 0 aliphatic heterocycles. The predicted molar refractivity (Wildman–Crippen MR) is 67.3 cm³/mol. The lowest BCUT2D eigenvalue weighted by Crippen LogP contribution is -2.27. The fourth-order valence-electron chi connectivity index (χ4n) is 3.27. The molecule has 1 atom stereocenters. The van der Waals surface area contributed by atoms with Crippen molar-refractivity contribution >= 4 is 5.78 Å². The van der Waals surface area contributed by atoms with Crippen LogP contribution in [0.25, 0.3) is 0 Å². The summed E-state index contributed by atoms with van der Waals surface area (Å²) in [4.78, 5) is 11.7. The van der Waals surface area contributed by atoms with Crippen LogP contribution in [-0.2, 0) is 4.79 Å². The van der Waals surface area contributed by atoms with Gasteiger partial charge >= 0.3 is 0 Å². The van der Waals surface area contributed by atoms with Gasteiger partial charge in [-0.25, -0.2) is 0 Å². The first kappa shape index (κ1) is 11.6. The van der Waals surface area contributed by atoms with E-state index in [1.54, 1.807) is 5.57 Å². The van der Waals surface area contributed by atoms with Crippen LogP contribution in [0.15, 0.2) is 22.3 Å². The second-order valence-electron chi connectivity index (χ2n) is 5.73. The first-order valence-corrected chi connectivity index (χ1v) is 6.33. The molecule has 0 aromatic heterocycles. The Bertz CT molecular complexity index is 394. The van der Waals surface area contributed by atoms with Crippen LogP contribution in [-0.4, -0.2) is 5.78 Å². The normalized spacial score (nSPS) is 30.5. The van der Waals surface area contributed by atoms with Crippen LogP contribution in [0.5, 0.6) is 0 Å². The van der Waals surface area contributed by atoms with Crippen molar-refractivity contribution in [1.29, 1.82) is 0 Å². The molecule has 0 saturated heterocycles. The topological polar surface area (TPSA) is 17.1 Å². The number of ketones is 1. The van der Waals surface area contributed by atoms with Crippen molar-refractivity contribution < 1.29 is 4.79 Å². The Balaban J connectivity index is 2.36. The van der Waals surface area contributed by atoms with E-state index in [-0.39, 0.29) is 0 Å². The second kappa shape index (κ2) is 3.87. The van der Waals surface area contributed by atoms with Crippen LogP contribution in [0, 0.1) is 5.41 Å². The number of hydrogen-bond donors (Lipinski definition) is 0. The first-order chi connectivity index (χ1) is 7.46. The summed E-state index contributed by atoms with van der Waals surface area (Å²) in [5.41, 5.74) is 5.87. The SMILES string of the molecule is CC(C)=C1CCC2(CCC(=O)C(C)=C2C)C1. The van der Waals surface area contributed by atoms with Crippen molar-refractivity contribution in [3.8, 4) is 0 Å². The maximum absolute atomic E-state index is 11.7. The zero-order chi connectivity index (χ0) is 11.9. The van der Waals surface area contributed by atoms with Gasteiger partial charge in [-0.05, 0) is 64.4 Å². The summed E-state index contributed by atoms with van der Waals surface area (Å²) in [5.74, 6) is 0.369. The monoisotopic (exact) mass is 218 g/mol. The zero-order valence-corrected chi connectivity index (χ0v) is 10.9. The number of allylic oxidation sites excluding steroid dienone is 4. The summed E-state index contributed by atoms with van der Waals surface area (Å²) in [6.07, 6.45) is 5.53. The van der Waals surface area contributed by atoms with Gasteiger partial charge in [0.15, 0.2) is 5.78 Å². The lowest BCUT2D eigenvalue weighted by molar-refractivity contribution is -0.116. The van der Waals surface area contributed by atoms with E-state index in [9.17, 15) is 4.79 Å². The molecule has 2 aliphatic rings. The Morgan fingerprint density at radius 1 is 1.12 bits per heavy atom. The predicted octanol–water partition coefficient (Wildman–Crippen LogP) is 4.19. The largest absolute Gasteiger partial charge is 0.295 e. The van der Waals surface area contributed by atoms with Crippen LogP contribution in [0.2, 0.25) is 0 Å². The van der Waals surface area contributed by atoms with Crippen molar-refractivity contribution in [2.45, 2.75) is 59.8 Å². The van der Waals surface area contributed by atoms with E-state index in [4.69, 9.17) is 0 Å². The fraction of sp³-hybridized carbons (Fsp3) is 0.667. The fourth-order valence-corrected chi connectivity index (χ4v) is 3.27. The number of carbonyl (C=O) groups is 1. The maximum Gasteiger partial charge on any atom is 0.158 e. The second-order valence-corrected chi connectivity index (χ2v) is 5.73. The van der Waals surface area contributed by atoms with E-state index in [1.165, 1.54) is 30.4 Å². The quantitative estimate of drug-likeness (QED) is 0.557. The first-order valence-electron chi connectivity index (χ1n) is 6.33. The van der Waals surface area contributed by atoms with Crippen LogP contribution in [0.1, 0.15) is 59.8 Å². The molecular weight excluding hydrogens is 196 g/mol. The number of carbonyl (C=O) groups excluding carboxylic acids is 1. The molecule has 0 N–H and O–H groups in total. The van der Waals surface area contributed by atoms with Crippen LogP contribution < -0.4 is 0 Å². The molecule has 0 aromatic carbocycles. The highest BCUT2D eigenvalue weighted by molar-refractivity contribution is 5.96. The highest BCUT2D eigenvalue weighted by atomic mass is 16.1. The number of hydrogen-bond acceptors (Lipinski definition) is 1. The van der Waals surface area contributed by atoms with Crippen LogP contribution in [0.4, 0.5) is 0 Å². The van der Waals surface area contributed by atoms with E-state index < -0.39 is 0 Å². The maximum atomic E-state index is 11.7. The third-order valence-electron chi connectivity index (χ3n) is 4.77. The molecule has 16 heavy (non-hydrogen) atoms. The van der Waals surface area contributed by atoms with Crippen molar-refractivity contribution in [2.24, 2.45) is 5.41 Å². The molecule has 1 nitrogen and oxygen atoms in total. The van der Waals surface area contributed by atoms with Crippen LogP contribution >= 0.6 is 0 Å². The summed E-state index contributed by atoms with van der Waals surface area (Å²) in [5, 5.41) is 0. The summed E-state index contributed by atoms with van der Waals surface area (Å²) in [7, 11) is 0. The molecule has 1 heteroatoms. The van der Waals surface area contributed by atoms with Gasteiger partial charge in [0, 0.05) is 6.42 Å². The van der Waals surface area contributed by atoms with Gasteiger partial charge < -0.3 is 0 Å². The summed E-state index contributed by atoms with van der Waals surface area (Å²) >= 11 is 0. The van der Waals surface area contributed by atoms with E-state index in [1.807, 2.05) is 6.92 Å². The highest BCUT2D eigenvalue weighted by Crippen LogP contribution is 2.53. The molecule has 2 rings (SSSR count). The van der Waals surface area contributed by atoms with Gasteiger partial charge in [0.25, 0.3) is 0 Å². The van der Waals surface area contributed by atoms with Crippen molar-refractivity contribution in [3.05, 3.63) is 22.3 Å². The summed E-state index contributed by atoms with van der Waals surface area (Å²) in [6, 6.07) is 0. The van der Waals surface area contributed by atoms with Crippen molar-refractivity contribution in [2.75, 3.05) is 0 Å². The molecule has 0 aromatic rings. The van der Waals surface area contributed by atoms with Gasteiger partial charge in [0.2, 0.25) is 0 Å². The molecule has 0 radical (unpaired) electrons. The van der Waals surface area contributed by atoms with Gasteiger partial charge in [-0.15, -0.1) is 0 Å². The molecule has 1 fully saturated rings. The van der Waals surface area contributed by atoms with E-state index in [0.29, 0.717) is 11.2 Å². The number of Topliss-reactive ketones (excluding diaryl/α,β-unsaturated/α-hetero) is 1. The van der Waals surface area contributed by atoms with Gasteiger partial charge in [-0.2, -0.15) is 0 Å². The molecule has 1 saturated carbocycles. The lowest BCUT2D eigenvalue weighted by Gasteiger charge is -2.35. The van der Waals surface area contributed by atoms with Gasteiger partial charge in [-0.3, -0.25) is 4.79 Å². The Morgan fingerprint density at radius 2 is 1.75 bits per heavy atom. The molecule has 1 spiro atoms. The van der Waals surface area contributed by atoms with Gasteiger partial charge in [0.1, 0.15) is 0 Å². The third-order valence-corrected chi connectivity index (χ3v) is 4.77. The third kappa shape index (κ3) is 1.66. The van der Waals surface area contributed by atoms with Gasteiger partial charge in [0.05, 0.1) is 0 Å². The molecule has 0 bridgehead atoms. The minimum atomic E-state index is 0.338. The van der Waals surface area contributed by atoms with Crippen LogP contribution in [0.3, 0.4) is 0 Å². The van der Waals surface area contributed by atoms with Crippen molar-refractivity contribution in [3.63, 3.8) is 0 Å². The van der Waals surface area contributed by atoms with E-state index >= 15 is 0 Å². The zero-order valence-electron chi connectivity index (χ0n) is 10.9. The molecule has 0 heterocycles. The van der Waals surface area contributed by atoms with Crippen molar-refractivity contribution in [1.82, 2.24) is 0 Å². The molecule has 88 valence electrons. The van der Waals surface area contributed by atoms with Gasteiger partial charge in [-0.1, -0.05) is 16.7 Å². The highest BCUT2D eigenvalue weighted by Gasteiger charge is 2.41. The number of rotatable bonds is 0. The molecule has 2 aliphatic carbocycles. The smallest absolute Gasteiger partial charge is 0.158 e. The minimum Gasteiger partial charge on any atom is -0.295 e. The standard InChI is InChI=1S/C15H22O/c1-10(2)13-5-7-15(9-13)8-6-14(16)11(3)12(15)4/h5-9H2,1-4H3. The van der Waals surface area contributed by atoms with E-state index in [2.05, 4.69) is 20.8 Å². The summed E-state index contributed by atoms with van der Waals surface area (Å²) < 4.78 is 0. The summed E-state index contributed by atoms with van der Waals surface area (Å²) in [6.45, 7) is 8.63. The average molecular weight is 218 g/mol. The lowest BCUT2D eigenvalue weighted by atomic mass is 9.69. The Hall–Kier alpha value is -0.850.